The fourth-order valence-electron chi connectivity index (χ4n) is 3.86. The van der Waals surface area contributed by atoms with E-state index in [1.807, 2.05) is 0 Å². The molecule has 13 heavy (non-hydrogen) atoms. The predicted octanol–water partition coefficient (Wildman–Crippen LogP) is 2.94. The van der Waals surface area contributed by atoms with Crippen molar-refractivity contribution < 1.29 is 0 Å². The standard InChI is InChI=1S/C13H14/c1-7-8(2)11-12-10-4-3-9(7)5-6-13(10,11)12/h3-6,9-12H,1-2H3. The van der Waals surface area contributed by atoms with Crippen molar-refractivity contribution in [2.24, 2.45) is 29.1 Å². The fraction of sp³-hybridized carbons (Fsp3) is 0.538. The molecule has 2 bridgehead atoms. The van der Waals surface area contributed by atoms with Crippen LogP contribution in [0.25, 0.3) is 0 Å². The van der Waals surface area contributed by atoms with Crippen LogP contribution in [0.5, 0.6) is 0 Å². The molecule has 0 saturated heterocycles. The zero-order valence-electron chi connectivity index (χ0n) is 8.12. The van der Waals surface area contributed by atoms with Crippen LogP contribution in [0.15, 0.2) is 35.5 Å². The molecule has 1 spiro atoms. The molecule has 4 aliphatic carbocycles. The summed E-state index contributed by atoms with van der Waals surface area (Å²) < 4.78 is 0. The molecule has 2 saturated carbocycles. The highest BCUT2D eigenvalue weighted by Crippen LogP contribution is 2.88. The highest BCUT2D eigenvalue weighted by atomic mass is 14.9. The van der Waals surface area contributed by atoms with Crippen LogP contribution in [0.1, 0.15) is 13.8 Å². The van der Waals surface area contributed by atoms with Gasteiger partial charge in [0.1, 0.15) is 0 Å². The Kier molecular flexibility index (Phi) is 0.808. The minimum Gasteiger partial charge on any atom is -0.0833 e. The second-order valence-electron chi connectivity index (χ2n) is 5.17. The molecule has 0 aromatic rings. The topological polar surface area (TPSA) is 0 Å². The van der Waals surface area contributed by atoms with E-state index in [4.69, 9.17) is 0 Å². The average Bonchev–Trinajstić information content (AvgIpc) is 2.91. The molecule has 0 aromatic heterocycles. The van der Waals surface area contributed by atoms with E-state index in [1.54, 1.807) is 11.1 Å². The molecular formula is C13H14. The van der Waals surface area contributed by atoms with Gasteiger partial charge in [0.2, 0.25) is 0 Å². The maximum atomic E-state index is 2.53. The lowest BCUT2D eigenvalue weighted by atomic mass is 9.85. The average molecular weight is 170 g/mol. The van der Waals surface area contributed by atoms with Crippen molar-refractivity contribution in [2.75, 3.05) is 0 Å². The van der Waals surface area contributed by atoms with Crippen molar-refractivity contribution in [1.82, 2.24) is 0 Å². The highest BCUT2D eigenvalue weighted by molar-refractivity contribution is 5.54. The first-order chi connectivity index (χ1) is 6.27. The first-order valence-corrected chi connectivity index (χ1v) is 5.32. The smallest absolute Gasteiger partial charge is 0.0157 e. The van der Waals surface area contributed by atoms with E-state index in [2.05, 4.69) is 38.2 Å². The molecule has 0 radical (unpaired) electrons. The summed E-state index contributed by atoms with van der Waals surface area (Å²) >= 11 is 0. The van der Waals surface area contributed by atoms with Crippen molar-refractivity contribution in [3.8, 4) is 0 Å². The van der Waals surface area contributed by atoms with Gasteiger partial charge in [0.25, 0.3) is 0 Å². The third-order valence-corrected chi connectivity index (χ3v) is 4.93. The van der Waals surface area contributed by atoms with Gasteiger partial charge in [-0.3, -0.25) is 0 Å². The Labute approximate surface area is 79.0 Å². The second-order valence-corrected chi connectivity index (χ2v) is 5.17. The SMILES string of the molecule is CC1=C(C)C2C3C4C=CC1C=CC423. The number of rotatable bonds is 0. The Morgan fingerprint density at radius 3 is 2.77 bits per heavy atom. The van der Waals surface area contributed by atoms with E-state index in [-0.39, 0.29) is 0 Å². The number of fused-ring (bicyclic) bond motifs is 3. The van der Waals surface area contributed by atoms with Crippen molar-refractivity contribution in [3.63, 3.8) is 0 Å². The number of hydrogen-bond acceptors (Lipinski definition) is 0. The third kappa shape index (κ3) is 0.488. The van der Waals surface area contributed by atoms with Crippen LogP contribution in [0.4, 0.5) is 0 Å². The molecule has 2 fully saturated rings. The Morgan fingerprint density at radius 1 is 1.08 bits per heavy atom. The molecule has 4 rings (SSSR count). The van der Waals surface area contributed by atoms with Crippen LogP contribution in [-0.4, -0.2) is 0 Å². The van der Waals surface area contributed by atoms with Gasteiger partial charge in [-0.15, -0.1) is 0 Å². The Bertz CT molecular complexity index is 396. The molecule has 0 aliphatic heterocycles. The van der Waals surface area contributed by atoms with Gasteiger partial charge in [0, 0.05) is 11.3 Å². The molecule has 66 valence electrons. The molecule has 0 heterocycles. The lowest BCUT2D eigenvalue weighted by molar-refractivity contribution is 0.532. The first kappa shape index (κ1) is 6.64. The quantitative estimate of drug-likeness (QED) is 0.490. The van der Waals surface area contributed by atoms with Gasteiger partial charge < -0.3 is 0 Å². The maximum Gasteiger partial charge on any atom is 0.0157 e. The van der Waals surface area contributed by atoms with Crippen molar-refractivity contribution in [2.45, 2.75) is 13.8 Å². The summed E-state index contributed by atoms with van der Waals surface area (Å²) in [6.07, 6.45) is 9.85. The fourth-order valence-corrected chi connectivity index (χ4v) is 3.86. The Hall–Kier alpha value is -0.780. The zero-order valence-corrected chi connectivity index (χ0v) is 8.12. The minimum atomic E-state index is 0.621. The Morgan fingerprint density at radius 2 is 1.92 bits per heavy atom. The highest BCUT2D eigenvalue weighted by Gasteiger charge is 2.84. The molecule has 5 unspecified atom stereocenters. The molecular weight excluding hydrogens is 156 g/mol. The van der Waals surface area contributed by atoms with E-state index < -0.39 is 0 Å². The monoisotopic (exact) mass is 170 g/mol. The van der Waals surface area contributed by atoms with Crippen molar-refractivity contribution in [1.29, 1.82) is 0 Å². The second kappa shape index (κ2) is 1.58. The molecule has 0 N–H and O–H groups in total. The van der Waals surface area contributed by atoms with Crippen molar-refractivity contribution in [3.05, 3.63) is 35.5 Å². The van der Waals surface area contributed by atoms with Gasteiger partial charge in [-0.1, -0.05) is 35.5 Å². The van der Waals surface area contributed by atoms with E-state index in [0.29, 0.717) is 11.3 Å². The van der Waals surface area contributed by atoms with Crippen LogP contribution in [-0.2, 0) is 0 Å². The van der Waals surface area contributed by atoms with Gasteiger partial charge in [0.15, 0.2) is 0 Å². The maximum absolute atomic E-state index is 2.53. The molecule has 4 aliphatic rings. The molecule has 5 atom stereocenters. The molecule has 0 amide bonds. The van der Waals surface area contributed by atoms with Crippen LogP contribution in [0.2, 0.25) is 0 Å². The zero-order chi connectivity index (χ0) is 8.79. The Balaban J connectivity index is 2.00. The van der Waals surface area contributed by atoms with Gasteiger partial charge in [0.05, 0.1) is 0 Å². The largest absolute Gasteiger partial charge is 0.0833 e. The van der Waals surface area contributed by atoms with Gasteiger partial charge in [-0.05, 0) is 31.6 Å². The van der Waals surface area contributed by atoms with Crippen LogP contribution < -0.4 is 0 Å². The normalized spacial score (nSPS) is 58.9. The van der Waals surface area contributed by atoms with Crippen molar-refractivity contribution >= 4 is 0 Å². The summed E-state index contributed by atoms with van der Waals surface area (Å²) in [4.78, 5) is 0. The third-order valence-electron chi connectivity index (χ3n) is 4.93. The van der Waals surface area contributed by atoms with E-state index in [1.165, 1.54) is 0 Å². The summed E-state index contributed by atoms with van der Waals surface area (Å²) in [5.41, 5.74) is 3.94. The molecule has 0 nitrogen and oxygen atoms in total. The summed E-state index contributed by atoms with van der Waals surface area (Å²) in [5, 5.41) is 0. The van der Waals surface area contributed by atoms with E-state index in [0.717, 1.165) is 17.8 Å². The lowest BCUT2D eigenvalue weighted by Crippen LogP contribution is -2.10. The number of allylic oxidation sites excluding steroid dienone is 6. The van der Waals surface area contributed by atoms with Crippen LogP contribution >= 0.6 is 0 Å². The molecule has 0 aromatic carbocycles. The summed E-state index contributed by atoms with van der Waals surface area (Å²) in [7, 11) is 0. The lowest BCUT2D eigenvalue weighted by Gasteiger charge is -2.20. The predicted molar refractivity (Wildman–Crippen MR) is 53.0 cm³/mol. The van der Waals surface area contributed by atoms with Crippen LogP contribution in [0, 0.1) is 29.1 Å². The summed E-state index contributed by atoms with van der Waals surface area (Å²) in [6.45, 7) is 4.66. The van der Waals surface area contributed by atoms with E-state index in [9.17, 15) is 0 Å². The molecule has 0 heteroatoms. The summed E-state index contributed by atoms with van der Waals surface area (Å²) in [5.74, 6) is 3.47. The first-order valence-electron chi connectivity index (χ1n) is 5.32. The van der Waals surface area contributed by atoms with Crippen LogP contribution in [0.3, 0.4) is 0 Å². The minimum absolute atomic E-state index is 0.621. The van der Waals surface area contributed by atoms with Gasteiger partial charge >= 0.3 is 0 Å². The van der Waals surface area contributed by atoms with E-state index >= 15 is 0 Å². The number of hydrogen-bond donors (Lipinski definition) is 0. The van der Waals surface area contributed by atoms with Gasteiger partial charge in [-0.2, -0.15) is 0 Å². The summed E-state index contributed by atoms with van der Waals surface area (Å²) in [6, 6.07) is 0. The van der Waals surface area contributed by atoms with Gasteiger partial charge in [-0.25, -0.2) is 0 Å².